The lowest BCUT2D eigenvalue weighted by Gasteiger charge is -2.09. The Labute approximate surface area is 192 Å². The van der Waals surface area contributed by atoms with Gasteiger partial charge in [0.25, 0.3) is 5.95 Å². The highest BCUT2D eigenvalue weighted by molar-refractivity contribution is 5.60. The molecule has 5 heteroatoms. The summed E-state index contributed by atoms with van der Waals surface area (Å²) in [5.74, 6) is 0.421. The lowest BCUT2D eigenvalue weighted by Crippen LogP contribution is -2.09. The third-order valence-corrected chi connectivity index (χ3v) is 5.91. The van der Waals surface area contributed by atoms with Crippen LogP contribution in [-0.2, 0) is 4.74 Å². The van der Waals surface area contributed by atoms with Gasteiger partial charge >= 0.3 is 0 Å². The average molecular weight is 444 g/mol. The first-order chi connectivity index (χ1) is 15.7. The molecule has 176 valence electrons. The summed E-state index contributed by atoms with van der Waals surface area (Å²) in [4.78, 5) is 4.09. The van der Waals surface area contributed by atoms with Gasteiger partial charge in [-0.05, 0) is 49.2 Å². The SMILES string of the molecule is CCCCCCCCOc1ccc(-c2ccc(OCC3OC3CCCCC)c(F)n2)cc1. The second kappa shape index (κ2) is 13.4. The van der Waals surface area contributed by atoms with Crippen molar-refractivity contribution in [2.45, 2.75) is 90.3 Å². The van der Waals surface area contributed by atoms with Crippen LogP contribution in [-0.4, -0.2) is 30.4 Å². The predicted molar refractivity (Wildman–Crippen MR) is 127 cm³/mol. The Morgan fingerprint density at radius 2 is 1.53 bits per heavy atom. The van der Waals surface area contributed by atoms with Gasteiger partial charge in [0.15, 0.2) is 5.75 Å². The summed E-state index contributed by atoms with van der Waals surface area (Å²) in [5.41, 5.74) is 1.43. The molecule has 0 radical (unpaired) electrons. The van der Waals surface area contributed by atoms with E-state index >= 15 is 0 Å². The fraction of sp³-hybridized carbons (Fsp3) is 0.593. The van der Waals surface area contributed by atoms with Gasteiger partial charge in [0.2, 0.25) is 0 Å². The van der Waals surface area contributed by atoms with Crippen LogP contribution in [0.15, 0.2) is 36.4 Å². The van der Waals surface area contributed by atoms with Crippen molar-refractivity contribution in [3.63, 3.8) is 0 Å². The van der Waals surface area contributed by atoms with Crippen LogP contribution in [0.1, 0.15) is 78.1 Å². The highest BCUT2D eigenvalue weighted by Gasteiger charge is 2.38. The molecule has 1 aromatic heterocycles. The van der Waals surface area contributed by atoms with E-state index in [0.717, 1.165) is 30.8 Å². The molecule has 0 bridgehead atoms. The third-order valence-electron chi connectivity index (χ3n) is 5.91. The number of rotatable bonds is 16. The van der Waals surface area contributed by atoms with Crippen molar-refractivity contribution in [1.82, 2.24) is 4.98 Å². The molecule has 1 aliphatic rings. The molecular weight excluding hydrogens is 405 g/mol. The van der Waals surface area contributed by atoms with Crippen molar-refractivity contribution >= 4 is 0 Å². The summed E-state index contributed by atoms with van der Waals surface area (Å²) >= 11 is 0. The normalized spacial score (nSPS) is 17.3. The number of pyridine rings is 1. The zero-order valence-corrected chi connectivity index (χ0v) is 19.7. The molecule has 1 aromatic carbocycles. The van der Waals surface area contributed by atoms with Crippen LogP contribution in [0.3, 0.4) is 0 Å². The van der Waals surface area contributed by atoms with E-state index in [2.05, 4.69) is 18.8 Å². The molecule has 2 unspecified atom stereocenters. The molecule has 2 heterocycles. The molecule has 0 aliphatic carbocycles. The predicted octanol–water partition coefficient (Wildman–Crippen LogP) is 7.35. The van der Waals surface area contributed by atoms with Crippen LogP contribution in [0.4, 0.5) is 4.39 Å². The van der Waals surface area contributed by atoms with Crippen LogP contribution in [0.25, 0.3) is 11.3 Å². The number of hydrogen-bond donors (Lipinski definition) is 0. The highest BCUT2D eigenvalue weighted by Crippen LogP contribution is 2.29. The maximum absolute atomic E-state index is 14.4. The number of aromatic nitrogens is 1. The van der Waals surface area contributed by atoms with E-state index in [-0.39, 0.29) is 18.0 Å². The topological polar surface area (TPSA) is 43.9 Å². The molecule has 0 N–H and O–H groups in total. The van der Waals surface area contributed by atoms with E-state index in [4.69, 9.17) is 14.2 Å². The molecule has 0 saturated carbocycles. The minimum atomic E-state index is -0.589. The van der Waals surface area contributed by atoms with Crippen molar-refractivity contribution in [2.24, 2.45) is 0 Å². The van der Waals surface area contributed by atoms with Crippen LogP contribution in [0.2, 0.25) is 0 Å². The molecule has 1 saturated heterocycles. The summed E-state index contributed by atoms with van der Waals surface area (Å²) in [5, 5.41) is 0. The molecule has 0 spiro atoms. The Bertz CT molecular complexity index is 796. The van der Waals surface area contributed by atoms with Gasteiger partial charge in [-0.2, -0.15) is 4.39 Å². The Morgan fingerprint density at radius 3 is 2.28 bits per heavy atom. The fourth-order valence-corrected chi connectivity index (χ4v) is 3.83. The quantitative estimate of drug-likeness (QED) is 0.154. The molecular formula is C27H38FNO3. The number of ether oxygens (including phenoxy) is 3. The summed E-state index contributed by atoms with van der Waals surface area (Å²) in [6.07, 6.45) is 12.5. The Morgan fingerprint density at radius 1 is 0.812 bits per heavy atom. The molecule has 2 atom stereocenters. The number of nitrogens with zero attached hydrogens (tertiary/aromatic N) is 1. The van der Waals surface area contributed by atoms with Crippen molar-refractivity contribution in [3.8, 4) is 22.8 Å². The maximum atomic E-state index is 14.4. The largest absolute Gasteiger partial charge is 0.494 e. The van der Waals surface area contributed by atoms with E-state index in [9.17, 15) is 4.39 Å². The highest BCUT2D eigenvalue weighted by atomic mass is 19.1. The van der Waals surface area contributed by atoms with Gasteiger partial charge in [-0.25, -0.2) is 4.98 Å². The minimum Gasteiger partial charge on any atom is -0.494 e. The minimum absolute atomic E-state index is 0.0785. The molecule has 3 rings (SSSR count). The average Bonchev–Trinajstić information content (AvgIpc) is 3.56. The van der Waals surface area contributed by atoms with Crippen LogP contribution in [0, 0.1) is 5.95 Å². The second-order valence-corrected chi connectivity index (χ2v) is 8.65. The lowest BCUT2D eigenvalue weighted by molar-refractivity contribution is 0.248. The molecule has 32 heavy (non-hydrogen) atoms. The lowest BCUT2D eigenvalue weighted by atomic mass is 10.1. The third kappa shape index (κ3) is 8.09. The van der Waals surface area contributed by atoms with E-state index in [0.29, 0.717) is 12.3 Å². The molecule has 1 aliphatic heterocycles. The van der Waals surface area contributed by atoms with Crippen molar-refractivity contribution in [2.75, 3.05) is 13.2 Å². The van der Waals surface area contributed by atoms with Crippen LogP contribution in [0.5, 0.6) is 11.5 Å². The Balaban J connectivity index is 1.40. The van der Waals surface area contributed by atoms with E-state index in [1.807, 2.05) is 24.3 Å². The molecule has 1 fully saturated rings. The molecule has 2 aromatic rings. The zero-order valence-electron chi connectivity index (χ0n) is 19.7. The zero-order chi connectivity index (χ0) is 22.6. The first kappa shape index (κ1) is 24.5. The first-order valence-corrected chi connectivity index (χ1v) is 12.4. The van der Waals surface area contributed by atoms with E-state index in [1.54, 1.807) is 12.1 Å². The summed E-state index contributed by atoms with van der Waals surface area (Å²) in [6, 6.07) is 11.1. The standard InChI is InChI=1S/C27H38FNO3/c1-3-5-7-8-9-11-19-30-22-15-13-21(14-16-22)23-17-18-25(27(28)29-23)31-20-26-24(32-26)12-10-6-4-2/h13-18,24,26H,3-12,19-20H2,1-2H3. The first-order valence-electron chi connectivity index (χ1n) is 12.4. The van der Waals surface area contributed by atoms with Gasteiger partial charge in [-0.1, -0.05) is 65.2 Å². The van der Waals surface area contributed by atoms with Crippen molar-refractivity contribution in [3.05, 3.63) is 42.3 Å². The summed E-state index contributed by atoms with van der Waals surface area (Å²) < 4.78 is 31.5. The van der Waals surface area contributed by atoms with Gasteiger partial charge in [-0.15, -0.1) is 0 Å². The van der Waals surface area contributed by atoms with Crippen LogP contribution < -0.4 is 9.47 Å². The monoisotopic (exact) mass is 443 g/mol. The van der Waals surface area contributed by atoms with Gasteiger partial charge in [-0.3, -0.25) is 0 Å². The molecule has 4 nitrogen and oxygen atoms in total. The Hall–Kier alpha value is -2.14. The van der Waals surface area contributed by atoms with E-state index < -0.39 is 5.95 Å². The van der Waals surface area contributed by atoms with Gasteiger partial charge in [0.05, 0.1) is 18.4 Å². The van der Waals surface area contributed by atoms with Crippen molar-refractivity contribution in [1.29, 1.82) is 0 Å². The Kier molecular flexibility index (Phi) is 10.3. The second-order valence-electron chi connectivity index (χ2n) is 8.65. The van der Waals surface area contributed by atoms with Gasteiger partial charge in [0, 0.05) is 5.56 Å². The van der Waals surface area contributed by atoms with Crippen molar-refractivity contribution < 1.29 is 18.6 Å². The maximum Gasteiger partial charge on any atom is 0.255 e. The number of benzene rings is 1. The number of unbranched alkanes of at least 4 members (excludes halogenated alkanes) is 7. The molecule has 0 amide bonds. The van der Waals surface area contributed by atoms with Gasteiger partial charge in [0.1, 0.15) is 18.5 Å². The number of hydrogen-bond acceptors (Lipinski definition) is 4. The fourth-order valence-electron chi connectivity index (χ4n) is 3.83. The van der Waals surface area contributed by atoms with Gasteiger partial charge < -0.3 is 14.2 Å². The summed E-state index contributed by atoms with van der Waals surface area (Å²) in [7, 11) is 0. The number of halogens is 1. The smallest absolute Gasteiger partial charge is 0.255 e. The number of epoxide rings is 1. The summed E-state index contributed by atoms with van der Waals surface area (Å²) in [6.45, 7) is 5.52. The van der Waals surface area contributed by atoms with Crippen LogP contribution >= 0.6 is 0 Å². The van der Waals surface area contributed by atoms with E-state index in [1.165, 1.54) is 51.4 Å².